The maximum absolute atomic E-state index is 12.4. The molecule has 1 aliphatic rings. The second-order valence-corrected chi connectivity index (χ2v) is 6.98. The number of halogens is 2. The van der Waals surface area contributed by atoms with Crippen molar-refractivity contribution in [2.75, 3.05) is 31.7 Å². The van der Waals surface area contributed by atoms with E-state index in [9.17, 15) is 4.79 Å². The molecule has 1 aromatic carbocycles. The van der Waals surface area contributed by atoms with E-state index in [-0.39, 0.29) is 24.4 Å². The van der Waals surface area contributed by atoms with Crippen molar-refractivity contribution in [1.82, 2.24) is 4.90 Å². The normalized spacial score (nSPS) is 19.4. The molecule has 4 nitrogen and oxygen atoms in total. The zero-order chi connectivity index (χ0) is 15.2. The molecule has 0 saturated carbocycles. The molecule has 124 valence electrons. The smallest absolute Gasteiger partial charge is 0.239 e. The van der Waals surface area contributed by atoms with Gasteiger partial charge in [-0.1, -0.05) is 28.1 Å². The van der Waals surface area contributed by atoms with Gasteiger partial charge in [0.1, 0.15) is 6.10 Å². The molecule has 1 amide bonds. The van der Waals surface area contributed by atoms with E-state index >= 15 is 0 Å². The quantitative estimate of drug-likeness (QED) is 0.812. The highest BCUT2D eigenvalue weighted by molar-refractivity contribution is 9.10. The van der Waals surface area contributed by atoms with Crippen molar-refractivity contribution in [1.29, 1.82) is 0 Å². The van der Waals surface area contributed by atoms with Crippen LogP contribution in [0.5, 0.6) is 0 Å². The minimum absolute atomic E-state index is 0. The molecule has 0 aliphatic carbocycles. The lowest BCUT2D eigenvalue weighted by Crippen LogP contribution is -2.49. The third kappa shape index (κ3) is 5.42. The molecule has 0 radical (unpaired) electrons. The molecule has 7 heteroatoms. The molecular weight excluding hydrogens is 388 g/mol. The van der Waals surface area contributed by atoms with Gasteiger partial charge in [-0.15, -0.1) is 12.4 Å². The number of thioether (sulfide) groups is 1. The first-order chi connectivity index (χ1) is 10.1. The number of carbonyl (C=O) groups excluding carboxylic acids is 1. The van der Waals surface area contributed by atoms with Crippen molar-refractivity contribution in [2.45, 2.75) is 18.6 Å². The molecule has 1 unspecified atom stereocenters. The highest BCUT2D eigenvalue weighted by atomic mass is 79.9. The van der Waals surface area contributed by atoms with Crippen LogP contribution in [-0.4, -0.2) is 48.6 Å². The third-order valence-corrected chi connectivity index (χ3v) is 4.74. The van der Waals surface area contributed by atoms with Gasteiger partial charge in [-0.2, -0.15) is 11.8 Å². The number of morpholine rings is 1. The monoisotopic (exact) mass is 408 g/mol. The Kier molecular flexibility index (Phi) is 8.79. The summed E-state index contributed by atoms with van der Waals surface area (Å²) in [7, 11) is 0. The van der Waals surface area contributed by atoms with Crippen LogP contribution >= 0.6 is 40.1 Å². The van der Waals surface area contributed by atoms with Gasteiger partial charge in [-0.25, -0.2) is 0 Å². The number of hydrogen-bond acceptors (Lipinski definition) is 4. The lowest BCUT2D eigenvalue weighted by Gasteiger charge is -2.34. The molecule has 2 atom stereocenters. The molecule has 22 heavy (non-hydrogen) atoms. The number of nitrogens with zero attached hydrogens (tertiary/aromatic N) is 1. The fourth-order valence-electron chi connectivity index (χ4n) is 2.33. The summed E-state index contributed by atoms with van der Waals surface area (Å²) in [5, 5.41) is 0. The summed E-state index contributed by atoms with van der Waals surface area (Å²) in [6.07, 6.45) is 2.68. The molecule has 0 aromatic heterocycles. The van der Waals surface area contributed by atoms with E-state index in [0.29, 0.717) is 19.7 Å². The Morgan fingerprint density at radius 1 is 1.50 bits per heavy atom. The van der Waals surface area contributed by atoms with Crippen LogP contribution in [0.1, 0.15) is 18.1 Å². The number of hydrogen-bond donors (Lipinski definition) is 1. The SMILES string of the molecule is CSCC[C@H](N)C(=O)N1CCOC(c2ccc(Br)cc2)C1.Cl. The van der Waals surface area contributed by atoms with Gasteiger partial charge in [0.15, 0.2) is 0 Å². The van der Waals surface area contributed by atoms with Crippen molar-refractivity contribution in [3.63, 3.8) is 0 Å². The summed E-state index contributed by atoms with van der Waals surface area (Å²) >= 11 is 5.14. The zero-order valence-corrected chi connectivity index (χ0v) is 15.8. The zero-order valence-electron chi connectivity index (χ0n) is 12.5. The summed E-state index contributed by atoms with van der Waals surface area (Å²) in [5.74, 6) is 0.947. The summed E-state index contributed by atoms with van der Waals surface area (Å²) in [5.41, 5.74) is 7.08. The van der Waals surface area contributed by atoms with E-state index in [1.54, 1.807) is 11.8 Å². The minimum Gasteiger partial charge on any atom is -0.370 e. The molecule has 2 rings (SSSR count). The second-order valence-electron chi connectivity index (χ2n) is 5.08. The maximum Gasteiger partial charge on any atom is 0.239 e. The van der Waals surface area contributed by atoms with Crippen LogP contribution in [0.25, 0.3) is 0 Å². The molecule has 1 fully saturated rings. The Morgan fingerprint density at radius 3 is 2.82 bits per heavy atom. The van der Waals surface area contributed by atoms with Crippen molar-refractivity contribution in [3.05, 3.63) is 34.3 Å². The van der Waals surface area contributed by atoms with Crippen LogP contribution in [0.3, 0.4) is 0 Å². The Morgan fingerprint density at radius 2 is 2.18 bits per heavy atom. The summed E-state index contributed by atoms with van der Waals surface area (Å²) < 4.78 is 6.83. The Balaban J connectivity index is 0.00000242. The predicted octanol–water partition coefficient (Wildman–Crippen LogP) is 2.85. The Labute approximate surface area is 150 Å². The molecule has 1 aromatic rings. The van der Waals surface area contributed by atoms with Gasteiger partial charge < -0.3 is 15.4 Å². The average Bonchev–Trinajstić information content (AvgIpc) is 2.52. The predicted molar refractivity (Wildman–Crippen MR) is 97.6 cm³/mol. The van der Waals surface area contributed by atoms with Crippen molar-refractivity contribution in [3.8, 4) is 0 Å². The van der Waals surface area contributed by atoms with Crippen LogP contribution in [0.2, 0.25) is 0 Å². The molecule has 1 aliphatic heterocycles. The first-order valence-electron chi connectivity index (χ1n) is 7.02. The van der Waals surface area contributed by atoms with E-state index in [1.165, 1.54) is 0 Å². The number of amides is 1. The number of rotatable bonds is 5. The number of benzene rings is 1. The van der Waals surface area contributed by atoms with E-state index in [4.69, 9.17) is 10.5 Å². The molecular formula is C15H22BrClN2O2S. The van der Waals surface area contributed by atoms with Gasteiger partial charge in [0.25, 0.3) is 0 Å². The van der Waals surface area contributed by atoms with E-state index in [2.05, 4.69) is 15.9 Å². The Hall–Kier alpha value is -0.270. The van der Waals surface area contributed by atoms with Gasteiger partial charge in [0.2, 0.25) is 5.91 Å². The van der Waals surface area contributed by atoms with Gasteiger partial charge in [0, 0.05) is 11.0 Å². The highest BCUT2D eigenvalue weighted by Crippen LogP contribution is 2.24. The molecule has 1 heterocycles. The lowest BCUT2D eigenvalue weighted by molar-refractivity contribution is -0.140. The van der Waals surface area contributed by atoms with Crippen LogP contribution in [-0.2, 0) is 9.53 Å². The molecule has 0 bridgehead atoms. The van der Waals surface area contributed by atoms with E-state index in [1.807, 2.05) is 35.4 Å². The topological polar surface area (TPSA) is 55.6 Å². The number of nitrogens with two attached hydrogens (primary N) is 1. The molecule has 1 saturated heterocycles. The van der Waals surface area contributed by atoms with E-state index < -0.39 is 6.04 Å². The minimum atomic E-state index is -0.402. The summed E-state index contributed by atoms with van der Waals surface area (Å²) in [6, 6.07) is 7.63. The average molecular weight is 410 g/mol. The molecule has 0 spiro atoms. The van der Waals surface area contributed by atoms with Crippen LogP contribution in [0.15, 0.2) is 28.7 Å². The Bertz CT molecular complexity index is 475. The van der Waals surface area contributed by atoms with Gasteiger partial charge >= 0.3 is 0 Å². The van der Waals surface area contributed by atoms with E-state index in [0.717, 1.165) is 22.2 Å². The van der Waals surface area contributed by atoms with Gasteiger partial charge in [-0.3, -0.25) is 4.79 Å². The van der Waals surface area contributed by atoms with Crippen molar-refractivity contribution >= 4 is 46.0 Å². The fraction of sp³-hybridized carbons (Fsp3) is 0.533. The first kappa shape index (κ1) is 19.8. The van der Waals surface area contributed by atoms with Crippen LogP contribution in [0, 0.1) is 0 Å². The summed E-state index contributed by atoms with van der Waals surface area (Å²) in [4.78, 5) is 14.2. The van der Waals surface area contributed by atoms with Crippen molar-refractivity contribution in [2.24, 2.45) is 5.73 Å². The molecule has 2 N–H and O–H groups in total. The summed E-state index contributed by atoms with van der Waals surface area (Å²) in [6.45, 7) is 1.76. The van der Waals surface area contributed by atoms with Crippen molar-refractivity contribution < 1.29 is 9.53 Å². The first-order valence-corrected chi connectivity index (χ1v) is 9.21. The number of ether oxygens (including phenoxy) is 1. The van der Waals surface area contributed by atoms with Gasteiger partial charge in [0.05, 0.1) is 19.2 Å². The maximum atomic E-state index is 12.4. The fourth-order valence-corrected chi connectivity index (χ4v) is 3.09. The largest absolute Gasteiger partial charge is 0.370 e. The third-order valence-electron chi connectivity index (χ3n) is 3.57. The highest BCUT2D eigenvalue weighted by Gasteiger charge is 2.28. The standard InChI is InChI=1S/C15H21BrN2O2S.ClH/c1-21-9-6-13(17)15(19)18-7-8-20-14(10-18)11-2-4-12(16)5-3-11;/h2-5,13-14H,6-10,17H2,1H3;1H/t13-,14?;/m0./s1. The second kappa shape index (κ2) is 9.78. The lowest BCUT2D eigenvalue weighted by atomic mass is 10.1. The number of carbonyl (C=O) groups is 1. The van der Waals surface area contributed by atoms with Crippen LogP contribution in [0.4, 0.5) is 0 Å². The van der Waals surface area contributed by atoms with Gasteiger partial charge in [-0.05, 0) is 36.1 Å². The van der Waals surface area contributed by atoms with Crippen LogP contribution < -0.4 is 5.73 Å².